The molecule has 3 nitrogen and oxygen atoms in total. The van der Waals surface area contributed by atoms with Gasteiger partial charge in [0.2, 0.25) is 0 Å². The molecule has 1 aliphatic carbocycles. The van der Waals surface area contributed by atoms with Crippen molar-refractivity contribution in [2.75, 3.05) is 7.11 Å². The number of ether oxygens (including phenoxy) is 1. The topological polar surface area (TPSA) is 46.5 Å². The van der Waals surface area contributed by atoms with Crippen LogP contribution in [0, 0.1) is 11.7 Å². The summed E-state index contributed by atoms with van der Waals surface area (Å²) in [5, 5.41) is 9.05. The molecule has 0 amide bonds. The van der Waals surface area contributed by atoms with E-state index in [4.69, 9.17) is 9.84 Å². The molecular formula is C15H19FO3. The molecule has 1 atom stereocenters. The second-order valence-electron chi connectivity index (χ2n) is 5.10. The van der Waals surface area contributed by atoms with Crippen LogP contribution in [0.1, 0.15) is 43.2 Å². The van der Waals surface area contributed by atoms with Gasteiger partial charge in [-0.3, -0.25) is 4.79 Å². The largest absolute Gasteiger partial charge is 0.493 e. The van der Waals surface area contributed by atoms with E-state index in [0.29, 0.717) is 11.5 Å². The number of halogens is 1. The van der Waals surface area contributed by atoms with Gasteiger partial charge < -0.3 is 9.84 Å². The van der Waals surface area contributed by atoms with Crippen molar-refractivity contribution in [3.05, 3.63) is 29.1 Å². The number of hydrogen-bond acceptors (Lipinski definition) is 2. The summed E-state index contributed by atoms with van der Waals surface area (Å²) in [4.78, 5) is 11.0. The van der Waals surface area contributed by atoms with Gasteiger partial charge in [0, 0.05) is 11.5 Å². The van der Waals surface area contributed by atoms with Gasteiger partial charge in [0.25, 0.3) is 0 Å². The van der Waals surface area contributed by atoms with Crippen molar-refractivity contribution in [1.82, 2.24) is 0 Å². The SMILES string of the molecule is CCc1cc(F)c(OC)c(C(CC(=O)O)C2CC2)c1. The van der Waals surface area contributed by atoms with Crippen molar-refractivity contribution in [2.45, 2.75) is 38.5 Å². The number of aliphatic carboxylic acids is 1. The molecule has 104 valence electrons. The quantitative estimate of drug-likeness (QED) is 0.858. The molecule has 0 aliphatic heterocycles. The van der Waals surface area contributed by atoms with Crippen LogP contribution in [0.25, 0.3) is 0 Å². The lowest BCUT2D eigenvalue weighted by molar-refractivity contribution is -0.137. The Labute approximate surface area is 112 Å². The minimum atomic E-state index is -0.846. The molecule has 1 aromatic carbocycles. The van der Waals surface area contributed by atoms with E-state index >= 15 is 0 Å². The number of carboxylic acid groups (broad SMARTS) is 1. The van der Waals surface area contributed by atoms with E-state index in [-0.39, 0.29) is 18.1 Å². The van der Waals surface area contributed by atoms with Crippen LogP contribution in [0.15, 0.2) is 12.1 Å². The summed E-state index contributed by atoms with van der Waals surface area (Å²) < 4.78 is 19.2. The zero-order valence-electron chi connectivity index (χ0n) is 11.3. The van der Waals surface area contributed by atoms with Crippen LogP contribution in [-0.2, 0) is 11.2 Å². The van der Waals surface area contributed by atoms with Crippen molar-refractivity contribution in [1.29, 1.82) is 0 Å². The third kappa shape index (κ3) is 3.06. The monoisotopic (exact) mass is 266 g/mol. The average molecular weight is 266 g/mol. The van der Waals surface area contributed by atoms with Gasteiger partial charge in [0.1, 0.15) is 0 Å². The van der Waals surface area contributed by atoms with E-state index < -0.39 is 11.8 Å². The van der Waals surface area contributed by atoms with Gasteiger partial charge in [-0.25, -0.2) is 4.39 Å². The normalized spacial score (nSPS) is 16.2. The summed E-state index contributed by atoms with van der Waals surface area (Å²) in [6, 6.07) is 3.36. The van der Waals surface area contributed by atoms with Gasteiger partial charge >= 0.3 is 5.97 Å². The van der Waals surface area contributed by atoms with Crippen LogP contribution in [-0.4, -0.2) is 18.2 Å². The van der Waals surface area contributed by atoms with Crippen molar-refractivity contribution >= 4 is 5.97 Å². The maximum Gasteiger partial charge on any atom is 0.303 e. The van der Waals surface area contributed by atoms with E-state index in [2.05, 4.69) is 0 Å². The van der Waals surface area contributed by atoms with Crippen molar-refractivity contribution in [2.24, 2.45) is 5.92 Å². The van der Waals surface area contributed by atoms with Crippen molar-refractivity contribution in [3.8, 4) is 5.75 Å². The van der Waals surface area contributed by atoms with Crippen LogP contribution in [0.3, 0.4) is 0 Å². The van der Waals surface area contributed by atoms with Crippen LogP contribution in [0.2, 0.25) is 0 Å². The van der Waals surface area contributed by atoms with E-state index in [1.807, 2.05) is 13.0 Å². The number of rotatable bonds is 6. The minimum Gasteiger partial charge on any atom is -0.493 e. The summed E-state index contributed by atoms with van der Waals surface area (Å²) in [5.74, 6) is -0.838. The lowest BCUT2D eigenvalue weighted by atomic mass is 9.88. The van der Waals surface area contributed by atoms with Gasteiger partial charge in [-0.1, -0.05) is 13.0 Å². The molecule has 0 aromatic heterocycles. The molecular weight excluding hydrogens is 247 g/mol. The molecule has 0 spiro atoms. The predicted octanol–water partition coefficient (Wildman–Crippen LogP) is 3.37. The highest BCUT2D eigenvalue weighted by Crippen LogP contribution is 2.47. The second-order valence-corrected chi connectivity index (χ2v) is 5.10. The molecule has 1 fully saturated rings. The Hall–Kier alpha value is -1.58. The maximum atomic E-state index is 14.0. The highest BCUT2D eigenvalue weighted by Gasteiger charge is 2.36. The zero-order chi connectivity index (χ0) is 14.0. The van der Waals surface area contributed by atoms with Crippen LogP contribution >= 0.6 is 0 Å². The number of benzene rings is 1. The van der Waals surface area contributed by atoms with E-state index in [0.717, 1.165) is 24.8 Å². The van der Waals surface area contributed by atoms with E-state index in [1.165, 1.54) is 13.2 Å². The van der Waals surface area contributed by atoms with Crippen molar-refractivity contribution in [3.63, 3.8) is 0 Å². The summed E-state index contributed by atoms with van der Waals surface area (Å²) in [6.07, 6.45) is 2.78. The minimum absolute atomic E-state index is 0.0354. The number of aryl methyl sites for hydroxylation is 1. The second kappa shape index (κ2) is 5.59. The molecule has 0 radical (unpaired) electrons. The molecule has 1 saturated carbocycles. The lowest BCUT2D eigenvalue weighted by Crippen LogP contribution is -2.11. The number of hydrogen-bond donors (Lipinski definition) is 1. The highest BCUT2D eigenvalue weighted by atomic mass is 19.1. The Bertz CT molecular complexity index is 481. The number of carboxylic acids is 1. The zero-order valence-corrected chi connectivity index (χ0v) is 11.3. The molecule has 0 heterocycles. The highest BCUT2D eigenvalue weighted by molar-refractivity contribution is 5.68. The fraction of sp³-hybridized carbons (Fsp3) is 0.533. The summed E-state index contributed by atoms with van der Waals surface area (Å²) >= 11 is 0. The van der Waals surface area contributed by atoms with Crippen LogP contribution in [0.4, 0.5) is 4.39 Å². The summed E-state index contributed by atoms with van der Waals surface area (Å²) in [6.45, 7) is 1.95. The van der Waals surface area contributed by atoms with Crippen LogP contribution < -0.4 is 4.74 Å². The smallest absolute Gasteiger partial charge is 0.303 e. The molecule has 1 unspecified atom stereocenters. The van der Waals surface area contributed by atoms with Gasteiger partial charge in [0.05, 0.1) is 13.5 Å². The van der Waals surface area contributed by atoms with Crippen molar-refractivity contribution < 1.29 is 19.0 Å². The molecule has 0 saturated heterocycles. The molecule has 4 heteroatoms. The predicted molar refractivity (Wildman–Crippen MR) is 70.0 cm³/mol. The Morgan fingerprint density at radius 1 is 1.53 bits per heavy atom. The van der Waals surface area contributed by atoms with Crippen LogP contribution in [0.5, 0.6) is 5.75 Å². The van der Waals surface area contributed by atoms with Gasteiger partial charge in [0.15, 0.2) is 11.6 Å². The lowest BCUT2D eigenvalue weighted by Gasteiger charge is -2.19. The Kier molecular flexibility index (Phi) is 4.08. The standard InChI is InChI=1S/C15H19FO3/c1-3-9-6-12(15(19-2)13(16)7-9)11(8-14(17)18)10-4-5-10/h6-7,10-11H,3-5,8H2,1-2H3,(H,17,18). The first-order chi connectivity index (χ1) is 9.06. The fourth-order valence-corrected chi connectivity index (χ4v) is 2.59. The Balaban J connectivity index is 2.44. The Morgan fingerprint density at radius 3 is 2.68 bits per heavy atom. The molecule has 2 rings (SSSR count). The molecule has 19 heavy (non-hydrogen) atoms. The summed E-state index contributed by atoms with van der Waals surface area (Å²) in [5.41, 5.74) is 1.59. The third-order valence-electron chi connectivity index (χ3n) is 3.73. The first kappa shape index (κ1) is 13.8. The van der Waals surface area contributed by atoms with E-state index in [9.17, 15) is 9.18 Å². The molecule has 1 aromatic rings. The maximum absolute atomic E-state index is 14.0. The van der Waals surface area contributed by atoms with Gasteiger partial charge in [-0.15, -0.1) is 0 Å². The number of carbonyl (C=O) groups is 1. The first-order valence-electron chi connectivity index (χ1n) is 6.64. The third-order valence-corrected chi connectivity index (χ3v) is 3.73. The van der Waals surface area contributed by atoms with Gasteiger partial charge in [-0.2, -0.15) is 0 Å². The number of methoxy groups -OCH3 is 1. The van der Waals surface area contributed by atoms with Gasteiger partial charge in [-0.05, 0) is 36.8 Å². The molecule has 0 bridgehead atoms. The molecule has 1 N–H and O–H groups in total. The summed E-state index contributed by atoms with van der Waals surface area (Å²) in [7, 11) is 1.43. The fourth-order valence-electron chi connectivity index (χ4n) is 2.59. The first-order valence-corrected chi connectivity index (χ1v) is 6.64. The van der Waals surface area contributed by atoms with E-state index in [1.54, 1.807) is 0 Å². The Morgan fingerprint density at radius 2 is 2.21 bits per heavy atom. The average Bonchev–Trinajstić information content (AvgIpc) is 3.19. The molecule has 1 aliphatic rings.